The Bertz CT molecular complexity index is 905. The lowest BCUT2D eigenvalue weighted by Gasteiger charge is -2.06. The first kappa shape index (κ1) is 18.5. The minimum absolute atomic E-state index is 0.232. The molecule has 1 fully saturated rings. The largest absolute Gasteiger partial charge is 0.546 e. The van der Waals surface area contributed by atoms with Gasteiger partial charge in [-0.05, 0) is 59.8 Å². The summed E-state index contributed by atoms with van der Waals surface area (Å²) in [7, 11) is 1.59. The van der Waals surface area contributed by atoms with E-state index in [1.807, 2.05) is 0 Å². The van der Waals surface area contributed by atoms with Gasteiger partial charge in [0.2, 0.25) is 0 Å². The number of carbonyl (C=O) groups excluding carboxylic acids is 2. The standard InChI is InChI=1S/C19H16N2O5S/c1-25-14-8-4-13(5-9-14)20-19-21-18(24)16(27-19)10-12-2-6-15(7-3-12)26-11-17(22)23/h2-10H,11H2,1H3,(H,22,23)(H,20,21,24)/p-1/b16-10-. The fraction of sp³-hybridized carbons (Fsp3) is 0.105. The molecule has 1 aliphatic rings. The molecule has 0 aromatic heterocycles. The summed E-state index contributed by atoms with van der Waals surface area (Å²) in [6, 6.07) is 13.9. The van der Waals surface area contributed by atoms with Crippen LogP contribution < -0.4 is 19.9 Å². The van der Waals surface area contributed by atoms with Crippen molar-refractivity contribution in [2.24, 2.45) is 4.99 Å². The lowest BCUT2D eigenvalue weighted by Crippen LogP contribution is -2.28. The van der Waals surface area contributed by atoms with Gasteiger partial charge in [0, 0.05) is 0 Å². The van der Waals surface area contributed by atoms with Crippen molar-refractivity contribution in [3.8, 4) is 11.5 Å². The van der Waals surface area contributed by atoms with Crippen LogP contribution in [0.2, 0.25) is 0 Å². The number of carboxylic acid groups (broad SMARTS) is 1. The molecule has 0 radical (unpaired) electrons. The summed E-state index contributed by atoms with van der Waals surface area (Å²) in [5, 5.41) is 13.6. The highest BCUT2D eigenvalue weighted by Gasteiger charge is 2.23. The molecule has 1 amide bonds. The molecule has 0 atom stereocenters. The maximum Gasteiger partial charge on any atom is 0.264 e. The van der Waals surface area contributed by atoms with Gasteiger partial charge >= 0.3 is 0 Å². The van der Waals surface area contributed by atoms with Gasteiger partial charge < -0.3 is 24.7 Å². The normalized spacial score (nSPS) is 16.4. The van der Waals surface area contributed by atoms with Crippen molar-refractivity contribution in [3.63, 3.8) is 0 Å². The van der Waals surface area contributed by atoms with Gasteiger partial charge in [-0.25, -0.2) is 4.99 Å². The Morgan fingerprint density at radius 1 is 1.15 bits per heavy atom. The zero-order chi connectivity index (χ0) is 19.2. The maximum absolute atomic E-state index is 12.1. The fourth-order valence-corrected chi connectivity index (χ4v) is 3.05. The van der Waals surface area contributed by atoms with E-state index in [2.05, 4.69) is 10.3 Å². The smallest absolute Gasteiger partial charge is 0.264 e. The highest BCUT2D eigenvalue weighted by Crippen LogP contribution is 2.29. The monoisotopic (exact) mass is 383 g/mol. The molecule has 0 spiro atoms. The number of amidine groups is 1. The number of aliphatic carboxylic acids is 1. The Hall–Kier alpha value is -3.26. The number of carboxylic acids is 1. The Morgan fingerprint density at radius 3 is 2.44 bits per heavy atom. The van der Waals surface area contributed by atoms with Crippen LogP contribution in [0.15, 0.2) is 58.4 Å². The first-order valence-corrected chi connectivity index (χ1v) is 8.71. The minimum Gasteiger partial charge on any atom is -0.546 e. The molecule has 27 heavy (non-hydrogen) atoms. The van der Waals surface area contributed by atoms with E-state index in [-0.39, 0.29) is 5.91 Å². The van der Waals surface area contributed by atoms with Gasteiger partial charge in [0.25, 0.3) is 5.91 Å². The Balaban J connectivity index is 1.69. The third-order valence-electron chi connectivity index (χ3n) is 3.49. The van der Waals surface area contributed by atoms with Crippen LogP contribution in [0.3, 0.4) is 0 Å². The second kappa shape index (κ2) is 8.41. The van der Waals surface area contributed by atoms with Gasteiger partial charge in [-0.15, -0.1) is 0 Å². The van der Waals surface area contributed by atoms with Crippen molar-refractivity contribution in [1.82, 2.24) is 5.32 Å². The van der Waals surface area contributed by atoms with Crippen LogP contribution in [0.25, 0.3) is 6.08 Å². The van der Waals surface area contributed by atoms with Crippen LogP contribution in [0.4, 0.5) is 5.69 Å². The summed E-state index contributed by atoms with van der Waals surface area (Å²) in [6.45, 7) is -0.510. The van der Waals surface area contributed by atoms with Crippen LogP contribution in [0, 0.1) is 0 Å². The van der Waals surface area contributed by atoms with Crippen LogP contribution in [-0.2, 0) is 9.59 Å². The van der Waals surface area contributed by atoms with Crippen molar-refractivity contribution < 1.29 is 24.2 Å². The predicted molar refractivity (Wildman–Crippen MR) is 101 cm³/mol. The van der Waals surface area contributed by atoms with Gasteiger partial charge in [-0.1, -0.05) is 12.1 Å². The maximum atomic E-state index is 12.1. The van der Waals surface area contributed by atoms with E-state index < -0.39 is 12.6 Å². The van der Waals surface area contributed by atoms with Gasteiger partial charge in [0.15, 0.2) is 5.17 Å². The fourth-order valence-electron chi connectivity index (χ4n) is 2.21. The molecule has 2 aromatic carbocycles. The van der Waals surface area contributed by atoms with E-state index in [1.54, 1.807) is 61.7 Å². The molecule has 1 heterocycles. The van der Waals surface area contributed by atoms with Crippen LogP contribution in [-0.4, -0.2) is 30.8 Å². The van der Waals surface area contributed by atoms with Crippen LogP contribution >= 0.6 is 11.8 Å². The average Bonchev–Trinajstić information content (AvgIpc) is 3.00. The van der Waals surface area contributed by atoms with Gasteiger partial charge in [-0.2, -0.15) is 0 Å². The zero-order valence-electron chi connectivity index (χ0n) is 14.3. The lowest BCUT2D eigenvalue weighted by atomic mass is 10.2. The number of amides is 1. The summed E-state index contributed by atoms with van der Waals surface area (Å²) in [4.78, 5) is 27.4. The summed E-state index contributed by atoms with van der Waals surface area (Å²) in [5.41, 5.74) is 1.48. The number of benzene rings is 2. The van der Waals surface area contributed by atoms with Gasteiger partial charge in [-0.3, -0.25) is 4.79 Å². The van der Waals surface area contributed by atoms with Crippen LogP contribution in [0.1, 0.15) is 5.56 Å². The second-order valence-corrected chi connectivity index (χ2v) is 6.44. The summed E-state index contributed by atoms with van der Waals surface area (Å²) in [5.74, 6) is -0.380. The lowest BCUT2D eigenvalue weighted by molar-refractivity contribution is -0.307. The number of hydrogen-bond acceptors (Lipinski definition) is 7. The quantitative estimate of drug-likeness (QED) is 0.763. The summed E-state index contributed by atoms with van der Waals surface area (Å²) in [6.07, 6.45) is 1.72. The van der Waals surface area contributed by atoms with Gasteiger partial charge in [0.1, 0.15) is 18.1 Å². The first-order chi connectivity index (χ1) is 13.0. The van der Waals surface area contributed by atoms with Crippen molar-refractivity contribution >= 4 is 40.6 Å². The number of nitrogens with one attached hydrogen (secondary N) is 1. The third kappa shape index (κ3) is 5.11. The molecule has 1 N–H and O–H groups in total. The molecule has 0 bridgehead atoms. The predicted octanol–water partition coefficient (Wildman–Crippen LogP) is 1.72. The number of rotatable bonds is 6. The van der Waals surface area contributed by atoms with Crippen molar-refractivity contribution in [1.29, 1.82) is 0 Å². The van der Waals surface area contributed by atoms with E-state index in [0.29, 0.717) is 21.5 Å². The Labute approximate surface area is 159 Å². The molecule has 2 aromatic rings. The number of ether oxygens (including phenoxy) is 2. The molecule has 1 saturated heterocycles. The highest BCUT2D eigenvalue weighted by atomic mass is 32.2. The van der Waals surface area contributed by atoms with Crippen molar-refractivity contribution in [2.45, 2.75) is 0 Å². The molecule has 3 rings (SSSR count). The molecule has 8 heteroatoms. The number of methoxy groups -OCH3 is 1. The number of thioether (sulfide) groups is 1. The molecule has 0 aliphatic carbocycles. The number of hydrogen-bond donors (Lipinski definition) is 1. The first-order valence-electron chi connectivity index (χ1n) is 7.90. The molecule has 7 nitrogen and oxygen atoms in total. The number of aliphatic imine (C=N–C) groups is 1. The average molecular weight is 383 g/mol. The minimum atomic E-state index is -1.29. The number of nitrogens with zero attached hydrogens (tertiary/aromatic N) is 1. The van der Waals surface area contributed by atoms with E-state index in [1.165, 1.54) is 11.8 Å². The van der Waals surface area contributed by atoms with Gasteiger partial charge in [0.05, 0.1) is 23.7 Å². The number of carbonyl (C=O) groups is 2. The molecular formula is C19H15N2O5S-. The molecule has 0 unspecified atom stereocenters. The van der Waals surface area contributed by atoms with Crippen molar-refractivity contribution in [2.75, 3.05) is 13.7 Å². The second-order valence-electron chi connectivity index (χ2n) is 5.41. The SMILES string of the molecule is COc1ccc(N=C2NC(=O)/C(=C/c3ccc(OCC(=O)[O-])cc3)S2)cc1. The van der Waals surface area contributed by atoms with Crippen LogP contribution in [0.5, 0.6) is 11.5 Å². The molecular weight excluding hydrogens is 368 g/mol. The van der Waals surface area contributed by atoms with E-state index in [9.17, 15) is 14.7 Å². The summed E-state index contributed by atoms with van der Waals surface area (Å²) < 4.78 is 10.1. The summed E-state index contributed by atoms with van der Waals surface area (Å²) >= 11 is 1.24. The highest BCUT2D eigenvalue weighted by molar-refractivity contribution is 8.18. The molecule has 0 saturated carbocycles. The zero-order valence-corrected chi connectivity index (χ0v) is 15.1. The van der Waals surface area contributed by atoms with E-state index in [0.717, 1.165) is 11.3 Å². The Morgan fingerprint density at radius 2 is 1.81 bits per heavy atom. The molecule has 1 aliphatic heterocycles. The topological polar surface area (TPSA) is 100 Å². The molecule has 138 valence electrons. The third-order valence-corrected chi connectivity index (χ3v) is 4.40. The van der Waals surface area contributed by atoms with Crippen molar-refractivity contribution in [3.05, 3.63) is 59.0 Å². The van der Waals surface area contributed by atoms with E-state index >= 15 is 0 Å². The Kier molecular flexibility index (Phi) is 5.77. The van der Waals surface area contributed by atoms with E-state index in [4.69, 9.17) is 9.47 Å².